The molecule has 0 amide bonds. The Morgan fingerprint density at radius 2 is 1.84 bits per heavy atom. The first-order valence-corrected chi connectivity index (χ1v) is 7.14. The second-order valence-electron chi connectivity index (χ2n) is 5.41. The first-order valence-electron chi connectivity index (χ1n) is 7.14. The topological polar surface area (TPSA) is 37.3 Å². The molecule has 1 aromatic heterocycles. The van der Waals surface area contributed by atoms with Gasteiger partial charge in [0, 0.05) is 50.5 Å². The summed E-state index contributed by atoms with van der Waals surface area (Å²) in [6, 6.07) is 6.40. The predicted octanol–water partition coefficient (Wildman–Crippen LogP) is 1.56. The van der Waals surface area contributed by atoms with Gasteiger partial charge >= 0.3 is 0 Å². The summed E-state index contributed by atoms with van der Waals surface area (Å²) in [4.78, 5) is 14.0. The summed E-state index contributed by atoms with van der Waals surface area (Å²) in [5.41, 5.74) is 0.0651. The number of hydrogen-bond acceptors (Lipinski definition) is 3. The van der Waals surface area contributed by atoms with Crippen molar-refractivity contribution in [2.45, 2.75) is 46.3 Å². The Balaban J connectivity index is 2.25. The fraction of sp³-hybridized carbons (Fsp3) is 0.667. The number of rotatable bonds is 8. The molecule has 108 valence electrons. The summed E-state index contributed by atoms with van der Waals surface area (Å²) >= 11 is 0. The molecule has 0 fully saturated rings. The predicted molar refractivity (Wildman–Crippen MR) is 80.5 cm³/mol. The smallest absolute Gasteiger partial charge is 0.250 e. The maximum atomic E-state index is 11.5. The van der Waals surface area contributed by atoms with Gasteiger partial charge in [0.2, 0.25) is 0 Å². The lowest BCUT2D eigenvalue weighted by Gasteiger charge is -2.30. The maximum absolute atomic E-state index is 11.5. The van der Waals surface area contributed by atoms with Gasteiger partial charge in [0.05, 0.1) is 0 Å². The van der Waals surface area contributed by atoms with Crippen LogP contribution in [0.5, 0.6) is 0 Å². The normalized spacial score (nSPS) is 11.7. The summed E-state index contributed by atoms with van der Waals surface area (Å²) in [5.74, 6) is 0. The first kappa shape index (κ1) is 15.9. The summed E-state index contributed by atoms with van der Waals surface area (Å²) in [6.45, 7) is 12.5. The lowest BCUT2D eigenvalue weighted by Crippen LogP contribution is -2.42. The summed E-state index contributed by atoms with van der Waals surface area (Å²) in [5, 5.41) is 3.40. The largest absolute Gasteiger partial charge is 0.314 e. The van der Waals surface area contributed by atoms with Crippen molar-refractivity contribution in [2.24, 2.45) is 0 Å². The Morgan fingerprint density at radius 3 is 2.42 bits per heavy atom. The molecular weight excluding hydrogens is 238 g/mol. The maximum Gasteiger partial charge on any atom is 0.250 e. The zero-order chi connectivity index (χ0) is 14.3. The second kappa shape index (κ2) is 8.12. The highest BCUT2D eigenvalue weighted by Gasteiger charge is 2.11. The van der Waals surface area contributed by atoms with E-state index in [1.54, 1.807) is 16.7 Å². The second-order valence-corrected chi connectivity index (χ2v) is 5.41. The summed E-state index contributed by atoms with van der Waals surface area (Å²) in [7, 11) is 0. The number of pyridine rings is 1. The third-order valence-electron chi connectivity index (χ3n) is 3.30. The molecule has 1 rings (SSSR count). The molecule has 1 heterocycles. The van der Waals surface area contributed by atoms with Crippen LogP contribution in [0.4, 0.5) is 0 Å². The molecule has 0 spiro atoms. The molecule has 0 saturated carbocycles. The standard InChI is InChI=1S/C15H27N3O/c1-13(2)18(14(3)4)12-9-16-8-11-17-10-6-5-7-15(17)19/h5-7,10,13-14,16H,8-9,11-12H2,1-4H3. The van der Waals surface area contributed by atoms with Gasteiger partial charge < -0.3 is 9.88 Å². The highest BCUT2D eigenvalue weighted by Crippen LogP contribution is 2.02. The third-order valence-corrected chi connectivity index (χ3v) is 3.30. The van der Waals surface area contributed by atoms with Gasteiger partial charge in [0.25, 0.3) is 5.56 Å². The Morgan fingerprint density at radius 1 is 1.16 bits per heavy atom. The highest BCUT2D eigenvalue weighted by atomic mass is 16.1. The molecule has 0 atom stereocenters. The summed E-state index contributed by atoms with van der Waals surface area (Å²) in [6.07, 6.45) is 1.83. The number of aromatic nitrogens is 1. The van der Waals surface area contributed by atoms with Crippen LogP contribution in [0, 0.1) is 0 Å². The lowest BCUT2D eigenvalue weighted by atomic mass is 10.2. The zero-order valence-electron chi connectivity index (χ0n) is 12.6. The monoisotopic (exact) mass is 265 g/mol. The van der Waals surface area contributed by atoms with E-state index in [0.29, 0.717) is 12.1 Å². The molecule has 4 nitrogen and oxygen atoms in total. The van der Waals surface area contributed by atoms with E-state index in [0.717, 1.165) is 26.2 Å². The van der Waals surface area contributed by atoms with Crippen LogP contribution in [0.3, 0.4) is 0 Å². The molecule has 0 aliphatic carbocycles. The van der Waals surface area contributed by atoms with Crippen LogP contribution in [0.1, 0.15) is 27.7 Å². The van der Waals surface area contributed by atoms with Crippen LogP contribution in [0.25, 0.3) is 0 Å². The molecule has 0 bridgehead atoms. The van der Waals surface area contributed by atoms with Gasteiger partial charge in [0.1, 0.15) is 0 Å². The van der Waals surface area contributed by atoms with E-state index in [9.17, 15) is 4.79 Å². The Hall–Kier alpha value is -1.13. The van der Waals surface area contributed by atoms with E-state index in [-0.39, 0.29) is 5.56 Å². The quantitative estimate of drug-likeness (QED) is 0.725. The Bertz CT molecular complexity index is 404. The van der Waals surface area contributed by atoms with Gasteiger partial charge in [-0.3, -0.25) is 9.69 Å². The molecule has 0 aromatic carbocycles. The summed E-state index contributed by atoms with van der Waals surface area (Å²) < 4.78 is 1.73. The van der Waals surface area contributed by atoms with E-state index in [1.807, 2.05) is 12.3 Å². The number of nitrogens with one attached hydrogen (secondary N) is 1. The molecule has 0 aliphatic heterocycles. The van der Waals surface area contributed by atoms with E-state index < -0.39 is 0 Å². The van der Waals surface area contributed by atoms with Gasteiger partial charge in [0.15, 0.2) is 0 Å². The molecule has 0 unspecified atom stereocenters. The van der Waals surface area contributed by atoms with Crippen molar-refractivity contribution in [1.82, 2.24) is 14.8 Å². The van der Waals surface area contributed by atoms with Crippen LogP contribution in [-0.2, 0) is 6.54 Å². The minimum absolute atomic E-state index is 0.0651. The van der Waals surface area contributed by atoms with Crippen molar-refractivity contribution >= 4 is 0 Å². The highest BCUT2D eigenvalue weighted by molar-refractivity contribution is 4.93. The third kappa shape index (κ3) is 5.57. The molecule has 4 heteroatoms. The van der Waals surface area contributed by atoms with Crippen molar-refractivity contribution in [3.63, 3.8) is 0 Å². The van der Waals surface area contributed by atoms with Crippen molar-refractivity contribution in [2.75, 3.05) is 19.6 Å². The van der Waals surface area contributed by atoms with E-state index in [1.165, 1.54) is 0 Å². The van der Waals surface area contributed by atoms with Gasteiger partial charge in [-0.15, -0.1) is 0 Å². The van der Waals surface area contributed by atoms with Gasteiger partial charge in [-0.2, -0.15) is 0 Å². The fourth-order valence-corrected chi connectivity index (χ4v) is 2.29. The van der Waals surface area contributed by atoms with Gasteiger partial charge in [-0.05, 0) is 33.8 Å². The van der Waals surface area contributed by atoms with Crippen molar-refractivity contribution in [1.29, 1.82) is 0 Å². The molecule has 0 saturated heterocycles. The molecular formula is C15H27N3O. The van der Waals surface area contributed by atoms with Crippen molar-refractivity contribution in [3.8, 4) is 0 Å². The average Bonchev–Trinajstić information content (AvgIpc) is 2.34. The number of hydrogen-bond donors (Lipinski definition) is 1. The zero-order valence-corrected chi connectivity index (χ0v) is 12.6. The minimum atomic E-state index is 0.0651. The van der Waals surface area contributed by atoms with Crippen LogP contribution in [0.2, 0.25) is 0 Å². The van der Waals surface area contributed by atoms with E-state index >= 15 is 0 Å². The van der Waals surface area contributed by atoms with Crippen molar-refractivity contribution in [3.05, 3.63) is 34.7 Å². The van der Waals surface area contributed by atoms with Crippen molar-refractivity contribution < 1.29 is 0 Å². The molecule has 1 N–H and O–H groups in total. The Kier molecular flexibility index (Phi) is 6.81. The molecule has 0 radical (unpaired) electrons. The van der Waals surface area contributed by atoms with Crippen LogP contribution >= 0.6 is 0 Å². The fourth-order valence-electron chi connectivity index (χ4n) is 2.29. The molecule has 19 heavy (non-hydrogen) atoms. The SMILES string of the molecule is CC(C)N(CCNCCn1ccccc1=O)C(C)C. The Labute approximate surface area is 116 Å². The van der Waals surface area contributed by atoms with Crippen LogP contribution in [0.15, 0.2) is 29.2 Å². The number of nitrogens with zero attached hydrogens (tertiary/aromatic N) is 2. The lowest BCUT2D eigenvalue weighted by molar-refractivity contribution is 0.176. The van der Waals surface area contributed by atoms with Crippen LogP contribution in [-0.4, -0.2) is 41.2 Å². The molecule has 1 aromatic rings. The first-order chi connectivity index (χ1) is 9.02. The van der Waals surface area contributed by atoms with E-state index in [2.05, 4.69) is 37.9 Å². The molecule has 0 aliphatic rings. The average molecular weight is 265 g/mol. The van der Waals surface area contributed by atoms with Crippen LogP contribution < -0.4 is 10.9 Å². The van der Waals surface area contributed by atoms with E-state index in [4.69, 9.17) is 0 Å². The van der Waals surface area contributed by atoms with Gasteiger partial charge in [-0.25, -0.2) is 0 Å². The minimum Gasteiger partial charge on any atom is -0.314 e. The van der Waals surface area contributed by atoms with Gasteiger partial charge in [-0.1, -0.05) is 6.07 Å².